The third kappa shape index (κ3) is 5.71. The quantitative estimate of drug-likeness (QED) is 0.315. The van der Waals surface area contributed by atoms with E-state index < -0.39 is 0 Å². The Bertz CT molecular complexity index is 1070. The van der Waals surface area contributed by atoms with Crippen molar-refractivity contribution in [1.82, 2.24) is 14.9 Å². The molecule has 6 nitrogen and oxygen atoms in total. The molecule has 1 saturated heterocycles. The summed E-state index contributed by atoms with van der Waals surface area (Å²) in [7, 11) is 1.37. The minimum absolute atomic E-state index is 0.366. The predicted octanol–water partition coefficient (Wildman–Crippen LogP) is 4.77. The van der Waals surface area contributed by atoms with Crippen molar-refractivity contribution in [2.45, 2.75) is 25.7 Å². The van der Waals surface area contributed by atoms with Crippen LogP contribution in [0, 0.1) is 0 Å². The highest BCUT2D eigenvalue weighted by Crippen LogP contribution is 2.28. The number of methoxy groups -OCH3 is 1. The van der Waals surface area contributed by atoms with Gasteiger partial charge in [0, 0.05) is 41.7 Å². The zero-order valence-electron chi connectivity index (χ0n) is 18.6. The van der Waals surface area contributed by atoms with Gasteiger partial charge in [-0.05, 0) is 62.7 Å². The van der Waals surface area contributed by atoms with Gasteiger partial charge >= 0.3 is 5.97 Å². The van der Waals surface area contributed by atoms with Crippen molar-refractivity contribution in [1.29, 1.82) is 0 Å². The molecule has 2 aromatic heterocycles. The molecular formula is C26H30N4O2. The molecular weight excluding hydrogens is 400 g/mol. The minimum Gasteiger partial charge on any atom is -0.466 e. The second-order valence-electron chi connectivity index (χ2n) is 8.11. The Kier molecular flexibility index (Phi) is 7.46. The van der Waals surface area contributed by atoms with Gasteiger partial charge in [-0.15, -0.1) is 0 Å². The van der Waals surface area contributed by atoms with Gasteiger partial charge in [0.25, 0.3) is 0 Å². The normalized spacial score (nSPS) is 14.7. The Morgan fingerprint density at radius 1 is 1.16 bits per heavy atom. The number of likely N-dealkylation sites (tertiary alicyclic amines) is 1. The number of carbonyl (C=O) groups excluding carboxylic acids is 1. The van der Waals surface area contributed by atoms with Crippen LogP contribution >= 0.6 is 0 Å². The van der Waals surface area contributed by atoms with Crippen molar-refractivity contribution in [2.24, 2.45) is 0 Å². The molecule has 6 heteroatoms. The van der Waals surface area contributed by atoms with Crippen LogP contribution in [0.3, 0.4) is 0 Å². The molecule has 1 aliphatic rings. The largest absolute Gasteiger partial charge is 0.466 e. The molecule has 32 heavy (non-hydrogen) atoms. The first-order valence-electron chi connectivity index (χ1n) is 11.3. The Morgan fingerprint density at radius 3 is 2.75 bits per heavy atom. The summed E-state index contributed by atoms with van der Waals surface area (Å²) in [4.78, 5) is 23.0. The number of hydrogen-bond donors (Lipinski definition) is 1. The van der Waals surface area contributed by atoms with Gasteiger partial charge in [-0.3, -0.25) is 4.98 Å². The van der Waals surface area contributed by atoms with Gasteiger partial charge in [0.15, 0.2) is 0 Å². The van der Waals surface area contributed by atoms with Crippen LogP contribution in [0.4, 0.5) is 5.69 Å². The number of fused-ring (bicyclic) bond motifs is 1. The fraction of sp³-hybridized carbons (Fsp3) is 0.346. The highest BCUT2D eigenvalue weighted by Gasteiger charge is 2.10. The van der Waals surface area contributed by atoms with Crippen LogP contribution in [0.2, 0.25) is 0 Å². The van der Waals surface area contributed by atoms with E-state index in [1.54, 1.807) is 12.3 Å². The van der Waals surface area contributed by atoms with E-state index in [-0.39, 0.29) is 5.97 Å². The molecule has 0 unspecified atom stereocenters. The molecule has 0 atom stereocenters. The molecule has 4 rings (SSSR count). The van der Waals surface area contributed by atoms with Crippen molar-refractivity contribution < 1.29 is 9.53 Å². The molecule has 1 aliphatic heterocycles. The summed E-state index contributed by atoms with van der Waals surface area (Å²) in [5.41, 5.74) is 4.85. The number of nitrogens with one attached hydrogen (secondary N) is 1. The highest BCUT2D eigenvalue weighted by atomic mass is 16.5. The van der Waals surface area contributed by atoms with Crippen LogP contribution in [-0.4, -0.2) is 54.1 Å². The summed E-state index contributed by atoms with van der Waals surface area (Å²) in [5.74, 6) is -0.366. The Balaban J connectivity index is 1.48. The zero-order chi connectivity index (χ0) is 22.2. The molecule has 1 fully saturated rings. The first kappa shape index (κ1) is 22.0. The third-order valence-corrected chi connectivity index (χ3v) is 5.84. The van der Waals surface area contributed by atoms with Crippen LogP contribution in [0.25, 0.3) is 28.2 Å². The molecule has 0 saturated carbocycles. The third-order valence-electron chi connectivity index (χ3n) is 5.84. The van der Waals surface area contributed by atoms with Crippen molar-refractivity contribution in [2.75, 3.05) is 38.6 Å². The van der Waals surface area contributed by atoms with E-state index in [4.69, 9.17) is 4.98 Å². The number of pyridine rings is 2. The molecule has 3 aromatic rings. The lowest BCUT2D eigenvalue weighted by Crippen LogP contribution is -2.31. The Labute approximate surface area is 189 Å². The van der Waals surface area contributed by atoms with E-state index in [9.17, 15) is 4.79 Å². The number of piperidine rings is 1. The Hall–Kier alpha value is -3.25. The standard InChI is InChI=1S/C26H30N4O2/c1-32-26(31)11-8-20-6-9-21(10-7-20)24-18-25(22-19-27-14-12-23(22)29-24)28-13-5-17-30-15-3-2-4-16-30/h6-12,14,18-19H,2-5,13,15-17H2,1H3,(H,28,29)/b11-8+. The summed E-state index contributed by atoms with van der Waals surface area (Å²) >= 11 is 0. The molecule has 0 spiro atoms. The molecule has 3 heterocycles. The number of anilines is 1. The van der Waals surface area contributed by atoms with E-state index in [2.05, 4.69) is 26.0 Å². The van der Waals surface area contributed by atoms with Crippen LogP contribution in [0.1, 0.15) is 31.2 Å². The first-order valence-corrected chi connectivity index (χ1v) is 11.3. The van der Waals surface area contributed by atoms with Gasteiger partial charge in [0.05, 0.1) is 18.3 Å². The number of ether oxygens (including phenoxy) is 1. The number of benzene rings is 1. The van der Waals surface area contributed by atoms with Gasteiger partial charge in [0.2, 0.25) is 0 Å². The summed E-state index contributed by atoms with van der Waals surface area (Å²) in [6, 6.07) is 12.0. The number of aromatic nitrogens is 2. The van der Waals surface area contributed by atoms with Gasteiger partial charge in [0.1, 0.15) is 0 Å². The summed E-state index contributed by atoms with van der Waals surface area (Å²) in [6.45, 7) is 4.52. The summed E-state index contributed by atoms with van der Waals surface area (Å²) in [6.07, 6.45) is 12.0. The van der Waals surface area contributed by atoms with Crippen LogP contribution in [-0.2, 0) is 9.53 Å². The van der Waals surface area contributed by atoms with E-state index in [1.807, 2.05) is 36.5 Å². The summed E-state index contributed by atoms with van der Waals surface area (Å²) in [5, 5.41) is 4.65. The second kappa shape index (κ2) is 10.9. The molecule has 0 amide bonds. The highest BCUT2D eigenvalue weighted by molar-refractivity contribution is 5.93. The molecule has 1 N–H and O–H groups in total. The van der Waals surface area contributed by atoms with Crippen molar-refractivity contribution in [3.63, 3.8) is 0 Å². The first-order chi connectivity index (χ1) is 15.7. The van der Waals surface area contributed by atoms with Crippen LogP contribution in [0.5, 0.6) is 0 Å². The van der Waals surface area contributed by atoms with E-state index >= 15 is 0 Å². The average molecular weight is 431 g/mol. The number of hydrogen-bond acceptors (Lipinski definition) is 6. The number of rotatable bonds is 8. The molecule has 1 aromatic carbocycles. The fourth-order valence-corrected chi connectivity index (χ4v) is 4.07. The van der Waals surface area contributed by atoms with Crippen LogP contribution in [0.15, 0.2) is 54.9 Å². The maximum Gasteiger partial charge on any atom is 0.330 e. The average Bonchev–Trinajstić information content (AvgIpc) is 2.86. The van der Waals surface area contributed by atoms with Crippen molar-refractivity contribution >= 4 is 28.6 Å². The van der Waals surface area contributed by atoms with Gasteiger partial charge in [-0.1, -0.05) is 30.7 Å². The van der Waals surface area contributed by atoms with Crippen LogP contribution < -0.4 is 5.32 Å². The lowest BCUT2D eigenvalue weighted by molar-refractivity contribution is -0.134. The number of esters is 1. The van der Waals surface area contributed by atoms with E-state index in [0.717, 1.165) is 52.9 Å². The molecule has 0 radical (unpaired) electrons. The van der Waals surface area contributed by atoms with E-state index in [0.29, 0.717) is 0 Å². The lowest BCUT2D eigenvalue weighted by Gasteiger charge is -2.26. The van der Waals surface area contributed by atoms with Crippen molar-refractivity contribution in [3.05, 3.63) is 60.4 Å². The second-order valence-corrected chi connectivity index (χ2v) is 8.11. The maximum atomic E-state index is 11.3. The SMILES string of the molecule is COC(=O)/C=C/c1ccc(-c2cc(NCCCN3CCCCC3)c3cnccc3n2)cc1. The smallest absolute Gasteiger partial charge is 0.330 e. The predicted molar refractivity (Wildman–Crippen MR) is 129 cm³/mol. The monoisotopic (exact) mass is 430 g/mol. The molecule has 0 aliphatic carbocycles. The zero-order valence-corrected chi connectivity index (χ0v) is 18.6. The lowest BCUT2D eigenvalue weighted by atomic mass is 10.1. The van der Waals surface area contributed by atoms with E-state index in [1.165, 1.54) is 45.5 Å². The van der Waals surface area contributed by atoms with Crippen molar-refractivity contribution in [3.8, 4) is 11.3 Å². The topological polar surface area (TPSA) is 67.3 Å². The van der Waals surface area contributed by atoms with Gasteiger partial charge < -0.3 is 15.0 Å². The fourth-order valence-electron chi connectivity index (χ4n) is 4.07. The maximum absolute atomic E-state index is 11.3. The van der Waals surface area contributed by atoms with Gasteiger partial charge in [-0.2, -0.15) is 0 Å². The number of nitrogens with zero attached hydrogens (tertiary/aromatic N) is 3. The number of carbonyl (C=O) groups is 1. The van der Waals surface area contributed by atoms with Gasteiger partial charge in [-0.25, -0.2) is 9.78 Å². The summed E-state index contributed by atoms with van der Waals surface area (Å²) < 4.78 is 4.64. The molecule has 0 bridgehead atoms. The molecule has 166 valence electrons. The minimum atomic E-state index is -0.366. The Morgan fingerprint density at radius 2 is 1.97 bits per heavy atom.